The van der Waals surface area contributed by atoms with E-state index < -0.39 is 0 Å². The molecule has 0 aliphatic carbocycles. The zero-order chi connectivity index (χ0) is 15.9. The van der Waals surface area contributed by atoms with Crippen molar-refractivity contribution in [3.63, 3.8) is 0 Å². The van der Waals surface area contributed by atoms with E-state index >= 15 is 0 Å². The lowest BCUT2D eigenvalue weighted by Gasteiger charge is -2.29. The van der Waals surface area contributed by atoms with Gasteiger partial charge in [0.15, 0.2) is 0 Å². The van der Waals surface area contributed by atoms with Crippen LogP contribution < -0.4 is 10.2 Å². The van der Waals surface area contributed by atoms with E-state index in [2.05, 4.69) is 44.8 Å². The van der Waals surface area contributed by atoms with Gasteiger partial charge >= 0.3 is 0 Å². The molecule has 1 aromatic rings. The maximum atomic E-state index is 9.12. The van der Waals surface area contributed by atoms with Crippen LogP contribution in [0.3, 0.4) is 0 Å². The van der Waals surface area contributed by atoms with Gasteiger partial charge < -0.3 is 15.3 Å². The summed E-state index contributed by atoms with van der Waals surface area (Å²) < 4.78 is 0. The quantitative estimate of drug-likeness (QED) is 0.868. The van der Waals surface area contributed by atoms with Crippen LogP contribution in [-0.2, 0) is 0 Å². The van der Waals surface area contributed by atoms with Crippen molar-refractivity contribution in [3.05, 3.63) is 24.3 Å². The minimum Gasteiger partial charge on any atom is -0.508 e. The highest BCUT2D eigenvalue weighted by atomic mass is 16.3. The predicted octanol–water partition coefficient (Wildman–Crippen LogP) is 3.88. The third-order valence-electron chi connectivity index (χ3n) is 3.35. The summed E-state index contributed by atoms with van der Waals surface area (Å²) in [6.45, 7) is 15.6. The molecule has 0 atom stereocenters. The molecule has 1 aliphatic rings. The van der Waals surface area contributed by atoms with Crippen LogP contribution in [0.15, 0.2) is 24.3 Å². The van der Waals surface area contributed by atoms with Crippen molar-refractivity contribution in [2.75, 3.05) is 31.1 Å². The van der Waals surface area contributed by atoms with Gasteiger partial charge in [-0.3, -0.25) is 0 Å². The van der Waals surface area contributed by atoms with E-state index in [9.17, 15) is 0 Å². The van der Waals surface area contributed by atoms with Crippen LogP contribution in [0, 0.1) is 11.3 Å². The number of aromatic hydroxyl groups is 1. The highest BCUT2D eigenvalue weighted by Gasteiger charge is 2.11. The monoisotopic (exact) mass is 292 g/mol. The summed E-state index contributed by atoms with van der Waals surface area (Å²) in [5.74, 6) is 1.17. The third kappa shape index (κ3) is 7.96. The van der Waals surface area contributed by atoms with E-state index in [1.54, 1.807) is 12.1 Å². The largest absolute Gasteiger partial charge is 0.508 e. The van der Waals surface area contributed by atoms with Crippen molar-refractivity contribution < 1.29 is 5.11 Å². The highest BCUT2D eigenvalue weighted by molar-refractivity contribution is 5.49. The van der Waals surface area contributed by atoms with Gasteiger partial charge in [0, 0.05) is 31.9 Å². The first-order valence-electron chi connectivity index (χ1n) is 8.02. The van der Waals surface area contributed by atoms with Gasteiger partial charge in [-0.15, -0.1) is 0 Å². The Labute approximate surface area is 130 Å². The Hall–Kier alpha value is -1.22. The molecule has 2 N–H and O–H groups in total. The molecule has 1 saturated heterocycles. The van der Waals surface area contributed by atoms with Gasteiger partial charge in [-0.2, -0.15) is 0 Å². The summed E-state index contributed by atoms with van der Waals surface area (Å²) in [7, 11) is 0. The number of piperazine rings is 1. The molecular weight excluding hydrogens is 260 g/mol. The van der Waals surface area contributed by atoms with Crippen molar-refractivity contribution in [1.82, 2.24) is 5.32 Å². The number of phenols is 1. The fourth-order valence-electron chi connectivity index (χ4n) is 2.81. The Morgan fingerprint density at radius 2 is 1.62 bits per heavy atom. The molecule has 0 saturated carbocycles. The maximum absolute atomic E-state index is 9.12. The van der Waals surface area contributed by atoms with Gasteiger partial charge in [-0.05, 0) is 42.0 Å². The molecule has 0 bridgehead atoms. The topological polar surface area (TPSA) is 35.5 Å². The van der Waals surface area contributed by atoms with Gasteiger partial charge in [0.2, 0.25) is 0 Å². The Morgan fingerprint density at radius 1 is 1.10 bits per heavy atom. The predicted molar refractivity (Wildman–Crippen MR) is 92.1 cm³/mol. The molecule has 120 valence electrons. The second-order valence-electron chi connectivity index (χ2n) is 7.41. The van der Waals surface area contributed by atoms with E-state index in [-0.39, 0.29) is 0 Å². The number of hydrogen-bond acceptors (Lipinski definition) is 3. The smallest absolute Gasteiger partial charge is 0.115 e. The first kappa shape index (κ1) is 17.8. The van der Waals surface area contributed by atoms with Gasteiger partial charge in [-0.25, -0.2) is 0 Å². The van der Waals surface area contributed by atoms with E-state index in [1.165, 1.54) is 12.1 Å². The van der Waals surface area contributed by atoms with E-state index in [4.69, 9.17) is 5.11 Å². The number of hydrogen-bond donors (Lipinski definition) is 2. The van der Waals surface area contributed by atoms with Crippen LogP contribution in [0.1, 0.15) is 41.0 Å². The molecule has 1 aromatic carbocycles. The molecule has 0 unspecified atom stereocenters. The van der Waals surface area contributed by atoms with Crippen LogP contribution in [0.5, 0.6) is 5.75 Å². The first-order valence-corrected chi connectivity index (χ1v) is 8.02. The molecule has 0 radical (unpaired) electrons. The Bertz CT molecular complexity index is 387. The molecule has 1 fully saturated rings. The lowest BCUT2D eigenvalue weighted by molar-refractivity contribution is 0.320. The van der Waals surface area contributed by atoms with E-state index in [0.717, 1.165) is 32.1 Å². The lowest BCUT2D eigenvalue weighted by atomic mass is 9.86. The highest BCUT2D eigenvalue weighted by Crippen LogP contribution is 2.23. The minimum absolute atomic E-state index is 0.332. The molecule has 2 rings (SSSR count). The van der Waals surface area contributed by atoms with Gasteiger partial charge in [0.1, 0.15) is 5.75 Å². The van der Waals surface area contributed by atoms with Crippen molar-refractivity contribution in [2.24, 2.45) is 11.3 Å². The molecule has 3 nitrogen and oxygen atoms in total. The SMILES string of the molecule is CC(C)CC(C)(C)C.Oc1ccc(N2CCNCC2)cc1. The molecule has 0 amide bonds. The molecule has 3 heteroatoms. The van der Waals surface area contributed by atoms with Crippen molar-refractivity contribution in [2.45, 2.75) is 41.0 Å². The summed E-state index contributed by atoms with van der Waals surface area (Å²) in [5.41, 5.74) is 1.72. The summed E-state index contributed by atoms with van der Waals surface area (Å²) in [6.07, 6.45) is 1.33. The number of benzene rings is 1. The molecule has 21 heavy (non-hydrogen) atoms. The van der Waals surface area contributed by atoms with Crippen LogP contribution in [-0.4, -0.2) is 31.3 Å². The maximum Gasteiger partial charge on any atom is 0.115 e. The van der Waals surface area contributed by atoms with Gasteiger partial charge in [0.25, 0.3) is 0 Å². The Morgan fingerprint density at radius 3 is 2.00 bits per heavy atom. The van der Waals surface area contributed by atoms with Crippen molar-refractivity contribution >= 4 is 5.69 Å². The summed E-state index contributed by atoms with van der Waals surface area (Å²) >= 11 is 0. The Balaban J connectivity index is 0.000000240. The molecule has 0 spiro atoms. The Kier molecular flexibility index (Phi) is 7.03. The summed E-state index contributed by atoms with van der Waals surface area (Å²) in [5, 5.41) is 12.4. The first-order chi connectivity index (χ1) is 9.78. The number of phenolic OH excluding ortho intramolecular Hbond substituents is 1. The third-order valence-corrected chi connectivity index (χ3v) is 3.35. The summed E-state index contributed by atoms with van der Waals surface area (Å²) in [4.78, 5) is 2.32. The molecule has 1 aliphatic heterocycles. The van der Waals surface area contributed by atoms with Gasteiger partial charge in [0.05, 0.1) is 0 Å². The average molecular weight is 292 g/mol. The van der Waals surface area contributed by atoms with Crippen LogP contribution >= 0.6 is 0 Å². The fourth-order valence-corrected chi connectivity index (χ4v) is 2.81. The number of nitrogens with one attached hydrogen (secondary N) is 1. The zero-order valence-corrected chi connectivity index (χ0v) is 14.3. The number of rotatable bonds is 2. The van der Waals surface area contributed by atoms with E-state index in [0.29, 0.717) is 11.2 Å². The standard InChI is InChI=1S/C10H14N2O.C8H18/c13-10-3-1-9(2-4-10)12-7-5-11-6-8-12;1-7(2)6-8(3,4)5/h1-4,11,13H,5-8H2;7H,6H2,1-5H3. The minimum atomic E-state index is 0.332. The van der Waals surface area contributed by atoms with Crippen LogP contribution in [0.25, 0.3) is 0 Å². The molecule has 1 heterocycles. The summed E-state index contributed by atoms with van der Waals surface area (Å²) in [6, 6.07) is 7.38. The second kappa shape index (κ2) is 8.28. The molecular formula is C18H32N2O. The zero-order valence-electron chi connectivity index (χ0n) is 14.3. The molecule has 0 aromatic heterocycles. The fraction of sp³-hybridized carbons (Fsp3) is 0.667. The van der Waals surface area contributed by atoms with Crippen LogP contribution in [0.2, 0.25) is 0 Å². The van der Waals surface area contributed by atoms with Crippen molar-refractivity contribution in [1.29, 1.82) is 0 Å². The van der Waals surface area contributed by atoms with Gasteiger partial charge in [-0.1, -0.05) is 34.6 Å². The lowest BCUT2D eigenvalue weighted by Crippen LogP contribution is -2.43. The van der Waals surface area contributed by atoms with Crippen LogP contribution in [0.4, 0.5) is 5.69 Å². The number of nitrogens with zero attached hydrogens (tertiary/aromatic N) is 1. The van der Waals surface area contributed by atoms with E-state index in [1.807, 2.05) is 12.1 Å². The number of anilines is 1. The second-order valence-corrected chi connectivity index (χ2v) is 7.41. The van der Waals surface area contributed by atoms with Crippen molar-refractivity contribution in [3.8, 4) is 5.75 Å². The average Bonchev–Trinajstić information content (AvgIpc) is 2.38. The normalized spacial score (nSPS) is 15.6.